The number of hydrogen-bond acceptors (Lipinski definition) is 9. The highest BCUT2D eigenvalue weighted by molar-refractivity contribution is 6.22. The largest absolute Gasteiger partial charge is 0.508 e. The molecule has 7 N–H and O–H groups in total. The van der Waals surface area contributed by atoms with E-state index in [2.05, 4.69) is 0 Å². The molecule has 3 aliphatic carbocycles. The lowest BCUT2D eigenvalue weighted by Crippen LogP contribution is -2.58. The predicted octanol–water partition coefficient (Wildman–Crippen LogP) is 1.86. The van der Waals surface area contributed by atoms with Gasteiger partial charge in [-0.1, -0.05) is 12.1 Å². The van der Waals surface area contributed by atoms with Gasteiger partial charge in [0.15, 0.2) is 11.4 Å². The Hall–Kier alpha value is -4.31. The van der Waals surface area contributed by atoms with Crippen LogP contribution >= 0.6 is 0 Å². The highest BCUT2D eigenvalue weighted by atomic mass is 16.3. The third-order valence-electron chi connectivity index (χ3n) is 7.68. The second-order valence-corrected chi connectivity index (χ2v) is 10.00. The van der Waals surface area contributed by atoms with Crippen molar-refractivity contribution in [3.05, 3.63) is 58.4 Å². The number of primary amides is 1. The zero-order valence-corrected chi connectivity index (χ0v) is 20.1. The summed E-state index contributed by atoms with van der Waals surface area (Å²) in [4.78, 5) is 39.8. The number of nitrogens with zero attached hydrogens (tertiary/aromatic N) is 1. The average molecular weight is 507 g/mol. The fraction of sp³-hybridized carbons (Fsp3) is 0.296. The fourth-order valence-electron chi connectivity index (χ4n) is 5.96. The first-order valence-corrected chi connectivity index (χ1v) is 11.7. The molecule has 5 rings (SSSR count). The maximum Gasteiger partial charge on any atom is 0.255 e. The summed E-state index contributed by atoms with van der Waals surface area (Å²) >= 11 is 0. The van der Waals surface area contributed by atoms with Crippen LogP contribution in [0.3, 0.4) is 0 Å². The predicted molar refractivity (Wildman–Crippen MR) is 133 cm³/mol. The van der Waals surface area contributed by atoms with Crippen LogP contribution < -0.4 is 10.6 Å². The molecular formula is C27H26N2O8. The normalized spacial score (nSPS) is 24.9. The van der Waals surface area contributed by atoms with Crippen LogP contribution in [-0.4, -0.2) is 62.7 Å². The number of phenolic OH excluding ortho intramolecular Hbond substituents is 2. The highest BCUT2D eigenvalue weighted by Gasteiger charge is 2.60. The molecule has 192 valence electrons. The molecule has 0 saturated heterocycles. The van der Waals surface area contributed by atoms with Gasteiger partial charge >= 0.3 is 0 Å². The number of hydrogen-bond donors (Lipinski definition) is 6. The van der Waals surface area contributed by atoms with Crippen molar-refractivity contribution >= 4 is 28.9 Å². The Labute approximate surface area is 211 Å². The van der Waals surface area contributed by atoms with Gasteiger partial charge in [-0.2, -0.15) is 0 Å². The van der Waals surface area contributed by atoms with Crippen molar-refractivity contribution in [1.29, 1.82) is 0 Å². The summed E-state index contributed by atoms with van der Waals surface area (Å²) in [6.45, 7) is 0. The summed E-state index contributed by atoms with van der Waals surface area (Å²) in [6, 6.07) is 7.91. The van der Waals surface area contributed by atoms with Crippen LogP contribution in [0.5, 0.6) is 11.5 Å². The van der Waals surface area contributed by atoms with E-state index >= 15 is 0 Å². The molecule has 2 aromatic rings. The van der Waals surface area contributed by atoms with E-state index < -0.39 is 52.0 Å². The fourth-order valence-corrected chi connectivity index (χ4v) is 5.96. The second-order valence-electron chi connectivity index (χ2n) is 10.00. The molecule has 10 nitrogen and oxygen atoms in total. The summed E-state index contributed by atoms with van der Waals surface area (Å²) in [7, 11) is 3.57. The number of ketones is 2. The van der Waals surface area contributed by atoms with Gasteiger partial charge in [-0.15, -0.1) is 0 Å². The highest BCUT2D eigenvalue weighted by Crippen LogP contribution is 2.54. The number of rotatable bonds is 3. The van der Waals surface area contributed by atoms with E-state index in [0.717, 1.165) is 0 Å². The number of aliphatic hydroxyl groups excluding tert-OH is 2. The Morgan fingerprint density at radius 2 is 1.78 bits per heavy atom. The van der Waals surface area contributed by atoms with Crippen LogP contribution in [0.4, 0.5) is 5.69 Å². The Morgan fingerprint density at radius 1 is 1.08 bits per heavy atom. The molecule has 0 bridgehead atoms. The summed E-state index contributed by atoms with van der Waals surface area (Å²) in [5.41, 5.74) is 3.56. The first-order valence-electron chi connectivity index (χ1n) is 11.7. The summed E-state index contributed by atoms with van der Waals surface area (Å²) in [6.07, 6.45) is -0.106. The molecule has 0 spiro atoms. The van der Waals surface area contributed by atoms with Gasteiger partial charge in [-0.05, 0) is 48.1 Å². The summed E-state index contributed by atoms with van der Waals surface area (Å²) in [5.74, 6) is -6.74. The minimum absolute atomic E-state index is 0.00308. The lowest BCUT2D eigenvalue weighted by Gasteiger charge is -2.46. The van der Waals surface area contributed by atoms with Crippen molar-refractivity contribution in [3.63, 3.8) is 0 Å². The topological polar surface area (TPSA) is 182 Å². The molecule has 0 aromatic heterocycles. The van der Waals surface area contributed by atoms with Crippen LogP contribution in [0.2, 0.25) is 0 Å². The van der Waals surface area contributed by atoms with Gasteiger partial charge in [0, 0.05) is 43.3 Å². The van der Waals surface area contributed by atoms with E-state index in [1.54, 1.807) is 37.2 Å². The van der Waals surface area contributed by atoms with Crippen molar-refractivity contribution in [1.82, 2.24) is 0 Å². The molecule has 1 saturated carbocycles. The number of benzene rings is 2. The van der Waals surface area contributed by atoms with Crippen molar-refractivity contribution in [2.24, 2.45) is 17.6 Å². The number of aromatic hydroxyl groups is 2. The number of carbonyl (C=O) groups excluding carboxylic acids is 3. The van der Waals surface area contributed by atoms with E-state index in [0.29, 0.717) is 22.4 Å². The van der Waals surface area contributed by atoms with E-state index in [-0.39, 0.29) is 41.9 Å². The lowest BCUT2D eigenvalue weighted by atomic mass is 9.59. The van der Waals surface area contributed by atoms with E-state index in [1.807, 2.05) is 0 Å². The molecule has 1 amide bonds. The third kappa shape index (κ3) is 3.32. The minimum Gasteiger partial charge on any atom is -0.508 e. The molecule has 10 heteroatoms. The van der Waals surface area contributed by atoms with Gasteiger partial charge in [-0.3, -0.25) is 14.4 Å². The maximum absolute atomic E-state index is 13.7. The van der Waals surface area contributed by atoms with Crippen LogP contribution in [0, 0.1) is 11.8 Å². The number of Topliss-reactive ketones (excluding diaryl/α,β-unsaturated/α-hetero) is 2. The number of carbonyl (C=O) groups is 3. The zero-order chi connectivity index (χ0) is 27.0. The van der Waals surface area contributed by atoms with E-state index in [1.165, 1.54) is 12.1 Å². The Bertz CT molecular complexity index is 1470. The van der Waals surface area contributed by atoms with Crippen molar-refractivity contribution in [3.8, 4) is 22.6 Å². The SMILES string of the molecule is CN(C)c1cc(-c2cccc(O)c2)c(O)c2c1CC1CC3CC(=O)C(C(N)=O)=C(O)C3(O)C(=O)C1=C2O. The molecule has 2 aromatic carbocycles. The van der Waals surface area contributed by atoms with Crippen molar-refractivity contribution in [2.45, 2.75) is 24.9 Å². The zero-order valence-electron chi connectivity index (χ0n) is 20.1. The molecule has 3 unspecified atom stereocenters. The Balaban J connectivity index is 1.76. The van der Waals surface area contributed by atoms with Crippen molar-refractivity contribution in [2.75, 3.05) is 19.0 Å². The molecule has 3 aliphatic rings. The van der Waals surface area contributed by atoms with Gasteiger partial charge in [0.2, 0.25) is 5.78 Å². The second kappa shape index (κ2) is 8.10. The molecule has 37 heavy (non-hydrogen) atoms. The van der Waals surface area contributed by atoms with Crippen LogP contribution in [-0.2, 0) is 20.8 Å². The number of amides is 1. The van der Waals surface area contributed by atoms with Gasteiger partial charge in [-0.25, -0.2) is 0 Å². The number of fused-ring (bicyclic) bond motifs is 3. The molecule has 0 radical (unpaired) electrons. The molecular weight excluding hydrogens is 480 g/mol. The summed E-state index contributed by atoms with van der Waals surface area (Å²) in [5, 5.41) is 54.8. The number of anilines is 1. The molecule has 0 heterocycles. The van der Waals surface area contributed by atoms with Gasteiger partial charge in [0.25, 0.3) is 5.91 Å². The minimum atomic E-state index is -2.61. The average Bonchev–Trinajstić information content (AvgIpc) is 2.81. The van der Waals surface area contributed by atoms with Crippen LogP contribution in [0.15, 0.2) is 47.2 Å². The third-order valence-corrected chi connectivity index (χ3v) is 7.68. The monoisotopic (exact) mass is 506 g/mol. The van der Waals surface area contributed by atoms with E-state index in [4.69, 9.17) is 5.73 Å². The standard InChI is InChI=1S/C27H26N2O8/c1-29(2)17-10-15(11-4-3-5-14(30)7-11)22(32)20-16(17)8-12-6-13-9-18(31)21(26(28)36)25(35)27(13,37)24(34)19(12)23(20)33/h3-5,7,10,12-13,30,32-33,35,37H,6,8-9H2,1-2H3,(H2,28,36). The van der Waals surface area contributed by atoms with Crippen LogP contribution in [0.25, 0.3) is 16.9 Å². The molecule has 1 fully saturated rings. The molecule has 3 atom stereocenters. The van der Waals surface area contributed by atoms with Gasteiger partial charge in [0.1, 0.15) is 28.6 Å². The van der Waals surface area contributed by atoms with Crippen LogP contribution in [0.1, 0.15) is 24.0 Å². The lowest BCUT2D eigenvalue weighted by molar-refractivity contribution is -0.147. The molecule has 0 aliphatic heterocycles. The maximum atomic E-state index is 13.7. The van der Waals surface area contributed by atoms with Gasteiger partial charge < -0.3 is 36.2 Å². The quantitative estimate of drug-likeness (QED) is 0.339. The number of aliphatic hydroxyl groups is 3. The Kier molecular flexibility index (Phi) is 5.34. The first kappa shape index (κ1) is 24.4. The number of phenols is 2. The van der Waals surface area contributed by atoms with Crippen molar-refractivity contribution < 1.29 is 39.9 Å². The summed E-state index contributed by atoms with van der Waals surface area (Å²) < 4.78 is 0. The smallest absolute Gasteiger partial charge is 0.255 e. The number of nitrogens with two attached hydrogens (primary N) is 1. The van der Waals surface area contributed by atoms with E-state index in [9.17, 15) is 39.9 Å². The van der Waals surface area contributed by atoms with Gasteiger partial charge in [0.05, 0.1) is 5.56 Å². The first-order chi connectivity index (χ1) is 17.4. The Morgan fingerprint density at radius 3 is 2.41 bits per heavy atom.